The van der Waals surface area contributed by atoms with E-state index in [1.165, 1.54) is 103 Å². The summed E-state index contributed by atoms with van der Waals surface area (Å²) in [5.74, 6) is 7.69. The van der Waals surface area contributed by atoms with E-state index < -0.39 is 0 Å². The maximum Gasteiger partial charge on any atom is 0 e. The van der Waals surface area contributed by atoms with E-state index in [0.29, 0.717) is 0 Å². The Labute approximate surface area is 225 Å². The molecule has 0 nitrogen and oxygen atoms in total. The fraction of sp³-hybridized carbons (Fsp3) is 0.771. The van der Waals surface area contributed by atoms with Gasteiger partial charge in [-0.05, 0) is 171 Å². The van der Waals surface area contributed by atoms with Crippen molar-refractivity contribution >= 4 is 0 Å². The Bertz CT molecular complexity index is 622. The first kappa shape index (κ1) is 28.5. The normalized spacial score (nSPS) is 38.9. The van der Waals surface area contributed by atoms with E-state index in [9.17, 15) is 0 Å². The summed E-state index contributed by atoms with van der Waals surface area (Å²) in [6, 6.07) is 0. The Kier molecular flexibility index (Phi) is 13.0. The molecule has 0 radical (unpaired) electrons. The molecule has 0 atom stereocenters. The maximum atomic E-state index is 3.94. The van der Waals surface area contributed by atoms with Gasteiger partial charge in [0.05, 0.1) is 0 Å². The fourth-order valence-corrected chi connectivity index (χ4v) is 8.10. The molecule has 4 rings (SSSR count). The van der Waals surface area contributed by atoms with Crippen LogP contribution in [0.1, 0.15) is 129 Å². The van der Waals surface area contributed by atoms with Crippen LogP contribution < -0.4 is 0 Å². The molecule has 206 valence electrons. The molecule has 0 bridgehead atoms. The lowest BCUT2D eigenvalue weighted by Gasteiger charge is -2.36. The monoisotopic (exact) mass is 487 g/mol. The highest BCUT2D eigenvalue weighted by Gasteiger charge is 2.30. The van der Waals surface area contributed by atoms with Crippen molar-refractivity contribution in [2.75, 3.05) is 0 Å². The van der Waals surface area contributed by atoms with Crippen molar-refractivity contribution in [3.63, 3.8) is 0 Å². The van der Waals surface area contributed by atoms with Crippen LogP contribution >= 0.6 is 0 Å². The fourth-order valence-electron chi connectivity index (χ4n) is 8.10. The van der Waals surface area contributed by atoms with E-state index in [1.807, 2.05) is 0 Å². The first-order chi connectivity index (χ1) is 17.2. The molecule has 4 saturated carbocycles. The average Bonchev–Trinajstić information content (AvgIpc) is 2.91. The van der Waals surface area contributed by atoms with Crippen LogP contribution in [-0.4, -0.2) is 0 Å². The Morgan fingerprint density at radius 2 is 0.629 bits per heavy atom. The van der Waals surface area contributed by atoms with E-state index in [0.717, 1.165) is 47.3 Å². The zero-order valence-corrected chi connectivity index (χ0v) is 23.7. The molecule has 0 heterocycles. The van der Waals surface area contributed by atoms with Crippen LogP contribution in [-0.2, 0) is 0 Å². The van der Waals surface area contributed by atoms with Crippen molar-refractivity contribution in [1.82, 2.24) is 0 Å². The minimum atomic E-state index is 0. The van der Waals surface area contributed by atoms with Gasteiger partial charge in [-0.2, -0.15) is 0 Å². The molecule has 4 fully saturated rings. The van der Waals surface area contributed by atoms with Gasteiger partial charge in [0.2, 0.25) is 0 Å². The van der Waals surface area contributed by atoms with E-state index in [-0.39, 0.29) is 5.71 Å². The van der Waals surface area contributed by atoms with E-state index in [2.05, 4.69) is 69.9 Å². The molecule has 0 amide bonds. The average molecular weight is 487 g/mol. The molecule has 4 aliphatic carbocycles. The number of hydrogen-bond donors (Lipinski definition) is 0. The second kappa shape index (κ2) is 15.9. The van der Waals surface area contributed by atoms with Gasteiger partial charge < -0.3 is 0 Å². The molecule has 4 aliphatic rings. The summed E-state index contributed by atoms with van der Waals surface area (Å²) >= 11 is 0. The molecule has 0 heteroatoms. The predicted molar refractivity (Wildman–Crippen MR) is 165 cm³/mol. The van der Waals surface area contributed by atoms with Gasteiger partial charge >= 0.3 is 0 Å². The molecule has 0 aliphatic heterocycles. The first-order valence-corrected chi connectivity index (χ1v) is 15.7. The largest absolute Gasteiger partial charge is 0.103 e. The third kappa shape index (κ3) is 9.40. The van der Waals surface area contributed by atoms with Gasteiger partial charge in [0.25, 0.3) is 0 Å². The smallest absolute Gasteiger partial charge is 0 e. The molecular weight excluding hydrogens is 420 g/mol. The summed E-state index contributed by atoms with van der Waals surface area (Å²) in [7, 11) is 0. The Balaban J connectivity index is 0. The Hall–Kier alpha value is -1.04. The molecule has 0 N–H and O–H groups in total. The summed E-state index contributed by atoms with van der Waals surface area (Å²) in [4.78, 5) is 0. The van der Waals surface area contributed by atoms with Crippen LogP contribution in [0.5, 0.6) is 0 Å². The van der Waals surface area contributed by atoms with E-state index in [1.54, 1.807) is 0 Å². The Morgan fingerprint density at radius 1 is 0.400 bits per heavy atom. The highest BCUT2D eigenvalue weighted by molar-refractivity contribution is 4.94. The number of allylic oxidation sites excluding steroid dienone is 7. The second-order valence-corrected chi connectivity index (χ2v) is 12.5. The van der Waals surface area contributed by atoms with Crippen molar-refractivity contribution < 1.29 is 5.71 Å². The summed E-state index contributed by atoms with van der Waals surface area (Å²) in [6.07, 6.45) is 39.6. The molecule has 0 spiro atoms. The third-order valence-electron chi connectivity index (χ3n) is 10.3. The van der Waals surface area contributed by atoms with Gasteiger partial charge in [-0.15, -0.1) is 6.58 Å². The van der Waals surface area contributed by atoms with Gasteiger partial charge in [0, 0.05) is 5.71 Å². The van der Waals surface area contributed by atoms with E-state index >= 15 is 0 Å². The first-order valence-electron chi connectivity index (χ1n) is 15.7. The van der Waals surface area contributed by atoms with Gasteiger partial charge in [-0.1, -0.05) is 42.5 Å². The second-order valence-electron chi connectivity index (χ2n) is 12.5. The molecular formula is C35H66. The molecule has 0 saturated heterocycles. The highest BCUT2D eigenvalue weighted by Crippen LogP contribution is 2.43. The van der Waals surface area contributed by atoms with Crippen LogP contribution in [0, 0.1) is 47.3 Å². The quantitative estimate of drug-likeness (QED) is 0.327. The van der Waals surface area contributed by atoms with Crippen molar-refractivity contribution in [3.05, 3.63) is 49.1 Å². The third-order valence-corrected chi connectivity index (χ3v) is 10.3. The van der Waals surface area contributed by atoms with Gasteiger partial charge in [0.1, 0.15) is 0 Å². The molecule has 0 aromatic heterocycles. The minimum absolute atomic E-state index is 0. The summed E-state index contributed by atoms with van der Waals surface area (Å²) < 4.78 is 0. The minimum Gasteiger partial charge on any atom is -0.103 e. The summed E-state index contributed by atoms with van der Waals surface area (Å²) in [5.41, 5.74) is 0. The van der Waals surface area contributed by atoms with Crippen LogP contribution in [0.25, 0.3) is 0 Å². The van der Waals surface area contributed by atoms with Gasteiger partial charge in [-0.3, -0.25) is 0 Å². The number of hydrogen-bond acceptors (Lipinski definition) is 0. The molecule has 0 unspecified atom stereocenters. The zero-order valence-electron chi connectivity index (χ0n) is 23.7. The van der Waals surface area contributed by atoms with Crippen LogP contribution in [0.2, 0.25) is 0 Å². The predicted octanol–water partition coefficient (Wildman–Crippen LogP) is 12.1. The standard InChI is InChI=1S/C18H30.C17H28.4H2/c1-3-5-15-7-11-17(12-8-15)18-13-9-16(6-4-2)10-14-18;1-3-5-15-8-12-17(13-9-15)16-10-6-14(4-2)7-11-16;;;;/h3-6,15-18H,7-14H2,1-2H3;3-5,14-17H,2,6-13H2,1H3;4*1H/b5-3+,6-4+;5-3+;;;;. The van der Waals surface area contributed by atoms with E-state index in [4.69, 9.17) is 0 Å². The molecule has 35 heavy (non-hydrogen) atoms. The van der Waals surface area contributed by atoms with Crippen LogP contribution in [0.15, 0.2) is 49.1 Å². The van der Waals surface area contributed by atoms with Crippen LogP contribution in [0.4, 0.5) is 0 Å². The van der Waals surface area contributed by atoms with Crippen molar-refractivity contribution in [2.24, 2.45) is 47.3 Å². The van der Waals surface area contributed by atoms with Crippen LogP contribution in [0.3, 0.4) is 0 Å². The molecule has 0 aromatic rings. The zero-order chi connectivity index (χ0) is 24.9. The van der Waals surface area contributed by atoms with Gasteiger partial charge in [-0.25, -0.2) is 0 Å². The lowest BCUT2D eigenvalue weighted by molar-refractivity contribution is 0.166. The highest BCUT2D eigenvalue weighted by atomic mass is 14.4. The van der Waals surface area contributed by atoms with Crippen molar-refractivity contribution in [3.8, 4) is 0 Å². The lowest BCUT2D eigenvalue weighted by Crippen LogP contribution is -2.25. The lowest BCUT2D eigenvalue weighted by atomic mass is 9.69. The summed E-state index contributed by atoms with van der Waals surface area (Å²) in [5, 5.41) is 0. The maximum absolute atomic E-state index is 3.94. The van der Waals surface area contributed by atoms with Crippen molar-refractivity contribution in [2.45, 2.75) is 124 Å². The number of rotatable bonds is 6. The summed E-state index contributed by atoms with van der Waals surface area (Å²) in [6.45, 7) is 10.4. The topological polar surface area (TPSA) is 0 Å². The molecule has 0 aromatic carbocycles. The van der Waals surface area contributed by atoms with Gasteiger partial charge in [0.15, 0.2) is 0 Å². The Morgan fingerprint density at radius 3 is 0.829 bits per heavy atom. The van der Waals surface area contributed by atoms with Crippen molar-refractivity contribution in [1.29, 1.82) is 0 Å². The SMILES string of the molecule is C/C=C/C1CCC(C2CCC(/C=C/C)CC2)CC1.C=CC1CCC(C2CCC(/C=C/C)CC2)CC1.[HH].[HH].[HH].[HH].